The Hall–Kier alpha value is -1.46. The second-order valence-electron chi connectivity index (χ2n) is 4.73. The Kier molecular flexibility index (Phi) is 4.50. The minimum absolute atomic E-state index is 0.0896. The summed E-state index contributed by atoms with van der Waals surface area (Å²) in [6.45, 7) is 3.56. The Morgan fingerprint density at radius 2 is 1.95 bits per heavy atom. The van der Waals surface area contributed by atoms with Crippen LogP contribution in [0.5, 0.6) is 0 Å². The molecule has 1 heterocycles. The van der Waals surface area contributed by atoms with Gasteiger partial charge in [-0.05, 0) is 24.6 Å². The van der Waals surface area contributed by atoms with Gasteiger partial charge in [0.15, 0.2) is 5.79 Å². The number of halogens is 1. The van der Waals surface area contributed by atoms with Gasteiger partial charge in [0, 0.05) is 13.0 Å². The molecule has 0 atom stereocenters. The predicted molar refractivity (Wildman–Crippen MR) is 68.0 cm³/mol. The van der Waals surface area contributed by atoms with Gasteiger partial charge in [-0.15, -0.1) is 0 Å². The molecule has 0 bridgehead atoms. The number of nitrogens with one attached hydrogen (secondary N) is 1. The number of rotatable bonds is 5. The van der Waals surface area contributed by atoms with Gasteiger partial charge in [-0.25, -0.2) is 4.39 Å². The predicted octanol–water partition coefficient (Wildman–Crippen LogP) is 1.64. The Morgan fingerprint density at radius 3 is 2.58 bits per heavy atom. The van der Waals surface area contributed by atoms with Crippen LogP contribution in [0.25, 0.3) is 0 Å². The summed E-state index contributed by atoms with van der Waals surface area (Å²) < 4.78 is 23.6. The van der Waals surface area contributed by atoms with Crippen molar-refractivity contribution in [2.24, 2.45) is 0 Å². The van der Waals surface area contributed by atoms with E-state index in [-0.39, 0.29) is 18.1 Å². The van der Waals surface area contributed by atoms with E-state index in [1.807, 2.05) is 6.92 Å². The van der Waals surface area contributed by atoms with E-state index >= 15 is 0 Å². The molecule has 0 spiro atoms. The Labute approximate surface area is 111 Å². The van der Waals surface area contributed by atoms with Crippen LogP contribution < -0.4 is 5.32 Å². The van der Waals surface area contributed by atoms with Crippen molar-refractivity contribution in [2.75, 3.05) is 19.8 Å². The molecular formula is C14H18FNO3. The van der Waals surface area contributed by atoms with Crippen molar-refractivity contribution in [2.45, 2.75) is 25.6 Å². The minimum Gasteiger partial charge on any atom is -0.356 e. The zero-order valence-corrected chi connectivity index (χ0v) is 10.9. The van der Waals surface area contributed by atoms with Gasteiger partial charge in [0.2, 0.25) is 5.91 Å². The van der Waals surface area contributed by atoms with Gasteiger partial charge in [-0.2, -0.15) is 0 Å². The van der Waals surface area contributed by atoms with Crippen molar-refractivity contribution < 1.29 is 18.7 Å². The summed E-state index contributed by atoms with van der Waals surface area (Å²) in [7, 11) is 0. The normalized spacial score (nSPS) is 17.4. The highest BCUT2D eigenvalue weighted by Gasteiger charge is 2.30. The summed E-state index contributed by atoms with van der Waals surface area (Å²) in [6.07, 6.45) is 0.862. The summed E-state index contributed by atoms with van der Waals surface area (Å²) in [5, 5.41) is 2.81. The zero-order valence-electron chi connectivity index (χ0n) is 10.9. The molecular weight excluding hydrogens is 249 g/mol. The van der Waals surface area contributed by atoms with Gasteiger partial charge in [-0.3, -0.25) is 4.79 Å². The molecule has 0 aromatic heterocycles. The third kappa shape index (κ3) is 4.29. The smallest absolute Gasteiger partial charge is 0.224 e. The first-order valence-electron chi connectivity index (χ1n) is 6.36. The van der Waals surface area contributed by atoms with E-state index < -0.39 is 5.79 Å². The highest BCUT2D eigenvalue weighted by Crippen LogP contribution is 2.21. The van der Waals surface area contributed by atoms with Crippen LogP contribution in [0, 0.1) is 5.82 Å². The summed E-state index contributed by atoms with van der Waals surface area (Å²) >= 11 is 0. The van der Waals surface area contributed by atoms with Crippen molar-refractivity contribution >= 4 is 5.91 Å². The van der Waals surface area contributed by atoms with E-state index in [0.29, 0.717) is 26.2 Å². The molecule has 1 amide bonds. The molecule has 1 aromatic rings. The van der Waals surface area contributed by atoms with Crippen LogP contribution >= 0.6 is 0 Å². The minimum atomic E-state index is -0.580. The number of amides is 1. The van der Waals surface area contributed by atoms with Crippen molar-refractivity contribution in [1.82, 2.24) is 5.32 Å². The first kappa shape index (κ1) is 14.0. The first-order chi connectivity index (χ1) is 9.07. The van der Waals surface area contributed by atoms with Crippen molar-refractivity contribution in [1.29, 1.82) is 0 Å². The molecule has 1 aromatic carbocycles. The Morgan fingerprint density at radius 1 is 1.32 bits per heavy atom. The number of hydrogen-bond donors (Lipinski definition) is 1. The maximum Gasteiger partial charge on any atom is 0.224 e. The van der Waals surface area contributed by atoms with Gasteiger partial charge in [0.05, 0.1) is 19.6 Å². The quantitative estimate of drug-likeness (QED) is 0.882. The Bertz CT molecular complexity index is 427. The number of ether oxygens (including phenoxy) is 2. The number of carbonyl (C=O) groups excluding carboxylic acids is 1. The third-order valence-electron chi connectivity index (χ3n) is 3.08. The maximum atomic E-state index is 12.7. The molecule has 0 aliphatic carbocycles. The molecule has 4 nitrogen and oxygen atoms in total. The number of carbonyl (C=O) groups is 1. The van der Waals surface area contributed by atoms with Crippen LogP contribution in [0.1, 0.15) is 18.9 Å². The summed E-state index contributed by atoms with van der Waals surface area (Å²) in [5.41, 5.74) is 0.790. The van der Waals surface area contributed by atoms with Gasteiger partial charge < -0.3 is 14.8 Å². The molecule has 1 saturated heterocycles. The van der Waals surface area contributed by atoms with E-state index in [1.165, 1.54) is 12.1 Å². The van der Waals surface area contributed by atoms with E-state index in [9.17, 15) is 9.18 Å². The van der Waals surface area contributed by atoms with Crippen LogP contribution in [0.4, 0.5) is 4.39 Å². The lowest BCUT2D eigenvalue weighted by Gasteiger charge is -2.22. The topological polar surface area (TPSA) is 47.6 Å². The van der Waals surface area contributed by atoms with E-state index in [1.54, 1.807) is 12.1 Å². The molecule has 2 rings (SSSR count). The molecule has 104 valence electrons. The lowest BCUT2D eigenvalue weighted by Crippen LogP contribution is -2.34. The second-order valence-corrected chi connectivity index (χ2v) is 4.73. The molecule has 19 heavy (non-hydrogen) atoms. The van der Waals surface area contributed by atoms with E-state index in [0.717, 1.165) is 5.56 Å². The van der Waals surface area contributed by atoms with E-state index in [4.69, 9.17) is 9.47 Å². The molecule has 1 aliphatic heterocycles. The molecule has 0 saturated carbocycles. The average Bonchev–Trinajstić information content (AvgIpc) is 2.79. The third-order valence-corrected chi connectivity index (χ3v) is 3.08. The SMILES string of the molecule is CC1(CCNC(=O)Cc2ccc(F)cc2)OCCO1. The Balaban J connectivity index is 1.71. The molecule has 1 N–H and O–H groups in total. The van der Waals surface area contributed by atoms with Crippen molar-refractivity contribution in [3.8, 4) is 0 Å². The fraction of sp³-hybridized carbons (Fsp3) is 0.500. The monoisotopic (exact) mass is 267 g/mol. The fourth-order valence-corrected chi connectivity index (χ4v) is 1.98. The lowest BCUT2D eigenvalue weighted by atomic mass is 10.1. The average molecular weight is 267 g/mol. The molecule has 0 unspecified atom stereocenters. The zero-order chi connectivity index (χ0) is 13.7. The van der Waals surface area contributed by atoms with Crippen LogP contribution in [0.2, 0.25) is 0 Å². The second kappa shape index (κ2) is 6.12. The molecule has 1 aliphatic rings. The van der Waals surface area contributed by atoms with Crippen LogP contribution in [-0.4, -0.2) is 31.5 Å². The van der Waals surface area contributed by atoms with Gasteiger partial charge in [0.1, 0.15) is 5.82 Å². The van der Waals surface area contributed by atoms with Crippen molar-refractivity contribution in [3.63, 3.8) is 0 Å². The number of benzene rings is 1. The maximum absolute atomic E-state index is 12.7. The lowest BCUT2D eigenvalue weighted by molar-refractivity contribution is -0.146. The highest BCUT2D eigenvalue weighted by atomic mass is 19.1. The highest BCUT2D eigenvalue weighted by molar-refractivity contribution is 5.78. The number of hydrogen-bond acceptors (Lipinski definition) is 3. The standard InChI is InChI=1S/C14H18FNO3/c1-14(18-8-9-19-14)6-7-16-13(17)10-11-2-4-12(15)5-3-11/h2-5H,6-10H2,1H3,(H,16,17). The largest absolute Gasteiger partial charge is 0.356 e. The van der Waals surface area contributed by atoms with E-state index in [2.05, 4.69) is 5.32 Å². The van der Waals surface area contributed by atoms with Gasteiger partial charge in [-0.1, -0.05) is 12.1 Å². The van der Waals surface area contributed by atoms with Crippen LogP contribution in [0.15, 0.2) is 24.3 Å². The van der Waals surface area contributed by atoms with Gasteiger partial charge >= 0.3 is 0 Å². The van der Waals surface area contributed by atoms with Gasteiger partial charge in [0.25, 0.3) is 0 Å². The molecule has 0 radical (unpaired) electrons. The molecule has 1 fully saturated rings. The summed E-state index contributed by atoms with van der Waals surface area (Å²) in [6, 6.07) is 5.92. The fourth-order valence-electron chi connectivity index (χ4n) is 1.98. The summed E-state index contributed by atoms with van der Waals surface area (Å²) in [4.78, 5) is 11.7. The summed E-state index contributed by atoms with van der Waals surface area (Å²) in [5.74, 6) is -0.968. The van der Waals surface area contributed by atoms with Crippen LogP contribution in [0.3, 0.4) is 0 Å². The van der Waals surface area contributed by atoms with Crippen LogP contribution in [-0.2, 0) is 20.7 Å². The first-order valence-corrected chi connectivity index (χ1v) is 6.36. The van der Waals surface area contributed by atoms with Crippen molar-refractivity contribution in [3.05, 3.63) is 35.6 Å². The molecule has 5 heteroatoms.